The number of carboxylic acid groups (broad SMARTS) is 1. The van der Waals surface area contributed by atoms with Gasteiger partial charge in [0.2, 0.25) is 5.91 Å². The number of carbonyl (C=O) groups is 2. The van der Waals surface area contributed by atoms with E-state index >= 15 is 0 Å². The van der Waals surface area contributed by atoms with E-state index in [1.165, 1.54) is 0 Å². The Hall–Kier alpha value is -1.78. The van der Waals surface area contributed by atoms with Crippen LogP contribution in [0.2, 0.25) is 0 Å². The summed E-state index contributed by atoms with van der Waals surface area (Å²) in [5, 5.41) is 9.05. The second kappa shape index (κ2) is 5.91. The zero-order valence-electron chi connectivity index (χ0n) is 11.0. The average molecular weight is 265 g/mol. The molecule has 19 heavy (non-hydrogen) atoms. The molecule has 1 aromatic heterocycles. The molecule has 1 fully saturated rings. The number of carbonyl (C=O) groups excluding carboxylic acids is 1. The van der Waals surface area contributed by atoms with Crippen LogP contribution in [0.5, 0.6) is 0 Å². The number of nitrogens with zero attached hydrogens (tertiary/aromatic N) is 1. The molecule has 0 bridgehead atoms. The number of aryl methyl sites for hydroxylation is 1. The van der Waals surface area contributed by atoms with E-state index in [1.54, 1.807) is 17.2 Å². The van der Waals surface area contributed by atoms with Gasteiger partial charge in [-0.1, -0.05) is 0 Å². The highest BCUT2D eigenvalue weighted by Gasteiger charge is 2.32. The first kappa shape index (κ1) is 13.6. The van der Waals surface area contributed by atoms with Crippen molar-refractivity contribution in [2.45, 2.75) is 38.6 Å². The summed E-state index contributed by atoms with van der Waals surface area (Å²) in [6.07, 6.45) is 3.92. The molecule has 0 aromatic carbocycles. The van der Waals surface area contributed by atoms with Crippen molar-refractivity contribution in [2.75, 3.05) is 6.54 Å². The number of aliphatic carboxylic acids is 1. The minimum Gasteiger partial charge on any atom is -0.481 e. The Morgan fingerprint density at radius 1 is 1.47 bits per heavy atom. The fraction of sp³-hybridized carbons (Fsp3) is 0.571. The highest BCUT2D eigenvalue weighted by atomic mass is 16.4. The number of amides is 1. The zero-order valence-corrected chi connectivity index (χ0v) is 11.0. The van der Waals surface area contributed by atoms with Crippen molar-refractivity contribution in [3.8, 4) is 0 Å². The van der Waals surface area contributed by atoms with Crippen molar-refractivity contribution in [1.82, 2.24) is 4.90 Å². The number of furan rings is 1. The first-order valence-electron chi connectivity index (χ1n) is 6.62. The highest BCUT2D eigenvalue weighted by Crippen LogP contribution is 2.23. The second-order valence-corrected chi connectivity index (χ2v) is 5.09. The topological polar surface area (TPSA) is 70.8 Å². The van der Waals surface area contributed by atoms with Gasteiger partial charge in [-0.25, -0.2) is 0 Å². The normalized spacial score (nSPS) is 23.3. The van der Waals surface area contributed by atoms with Crippen LogP contribution < -0.4 is 0 Å². The van der Waals surface area contributed by atoms with Crippen LogP contribution in [-0.4, -0.2) is 34.5 Å². The van der Waals surface area contributed by atoms with Crippen LogP contribution in [0.4, 0.5) is 0 Å². The van der Waals surface area contributed by atoms with Crippen LogP contribution in [0.3, 0.4) is 0 Å². The summed E-state index contributed by atoms with van der Waals surface area (Å²) in [5.74, 6) is -0.442. The molecule has 0 spiro atoms. The average Bonchev–Trinajstić information content (AvgIpc) is 2.89. The van der Waals surface area contributed by atoms with Gasteiger partial charge in [-0.15, -0.1) is 0 Å². The molecule has 2 heterocycles. The van der Waals surface area contributed by atoms with Gasteiger partial charge in [0.1, 0.15) is 5.76 Å². The molecule has 2 rings (SSSR count). The molecule has 2 atom stereocenters. The van der Waals surface area contributed by atoms with Crippen molar-refractivity contribution >= 4 is 11.9 Å². The summed E-state index contributed by atoms with van der Waals surface area (Å²) in [6.45, 7) is 2.30. The molecule has 1 amide bonds. The predicted octanol–water partition coefficient (Wildman–Crippen LogP) is 1.92. The quantitative estimate of drug-likeness (QED) is 0.903. The van der Waals surface area contributed by atoms with Gasteiger partial charge in [0.25, 0.3) is 0 Å². The van der Waals surface area contributed by atoms with Crippen LogP contribution in [0, 0.1) is 5.92 Å². The first-order valence-corrected chi connectivity index (χ1v) is 6.62. The number of piperidine rings is 1. The molecular formula is C14H19NO4. The van der Waals surface area contributed by atoms with Crippen LogP contribution in [0.25, 0.3) is 0 Å². The van der Waals surface area contributed by atoms with Crippen molar-refractivity contribution in [3.63, 3.8) is 0 Å². The van der Waals surface area contributed by atoms with E-state index in [0.717, 1.165) is 12.2 Å². The summed E-state index contributed by atoms with van der Waals surface area (Å²) in [5.41, 5.74) is 0. The van der Waals surface area contributed by atoms with Gasteiger partial charge >= 0.3 is 5.97 Å². The van der Waals surface area contributed by atoms with Gasteiger partial charge in [-0.3, -0.25) is 9.59 Å². The number of rotatable bonds is 4. The Labute approximate surface area is 112 Å². The lowest BCUT2D eigenvalue weighted by atomic mass is 9.93. The second-order valence-electron chi connectivity index (χ2n) is 5.09. The van der Waals surface area contributed by atoms with Crippen molar-refractivity contribution < 1.29 is 19.1 Å². The third kappa shape index (κ3) is 3.36. The van der Waals surface area contributed by atoms with Gasteiger partial charge in [-0.05, 0) is 31.9 Å². The number of hydrogen-bond donors (Lipinski definition) is 1. The Balaban J connectivity index is 1.91. The van der Waals surface area contributed by atoms with Gasteiger partial charge in [0, 0.05) is 25.4 Å². The summed E-state index contributed by atoms with van der Waals surface area (Å²) in [7, 11) is 0. The Bertz CT molecular complexity index is 440. The molecule has 1 saturated heterocycles. The standard InChI is InChI=1S/C14H19NO4/c1-10-4-5-11(14(17)18)9-15(10)13(16)7-6-12-3-2-8-19-12/h2-3,8,10-11H,4-7,9H2,1H3,(H,17,18). The Kier molecular flexibility index (Phi) is 4.24. The van der Waals surface area contributed by atoms with E-state index < -0.39 is 11.9 Å². The molecule has 2 unspecified atom stereocenters. The summed E-state index contributed by atoms with van der Waals surface area (Å²) >= 11 is 0. The minimum atomic E-state index is -0.810. The van der Waals surface area contributed by atoms with Crippen molar-refractivity contribution in [3.05, 3.63) is 24.2 Å². The maximum absolute atomic E-state index is 12.2. The number of likely N-dealkylation sites (tertiary alicyclic amines) is 1. The fourth-order valence-corrected chi connectivity index (χ4v) is 2.48. The SMILES string of the molecule is CC1CCC(C(=O)O)CN1C(=O)CCc1ccco1. The molecule has 1 aromatic rings. The molecule has 0 aliphatic carbocycles. The molecular weight excluding hydrogens is 246 g/mol. The van der Waals surface area contributed by atoms with Gasteiger partial charge in [0.15, 0.2) is 0 Å². The maximum atomic E-state index is 12.2. The van der Waals surface area contributed by atoms with Gasteiger partial charge in [-0.2, -0.15) is 0 Å². The number of carboxylic acids is 1. The van der Waals surface area contributed by atoms with Crippen LogP contribution in [-0.2, 0) is 16.0 Å². The molecule has 1 aliphatic rings. The molecule has 1 aliphatic heterocycles. The highest BCUT2D eigenvalue weighted by molar-refractivity contribution is 5.78. The van der Waals surface area contributed by atoms with Crippen LogP contribution in [0.1, 0.15) is 31.9 Å². The van der Waals surface area contributed by atoms with Crippen molar-refractivity contribution in [1.29, 1.82) is 0 Å². The lowest BCUT2D eigenvalue weighted by Gasteiger charge is -2.36. The van der Waals surface area contributed by atoms with E-state index in [0.29, 0.717) is 25.8 Å². The predicted molar refractivity (Wildman–Crippen MR) is 68.6 cm³/mol. The zero-order chi connectivity index (χ0) is 13.8. The Morgan fingerprint density at radius 2 is 2.26 bits per heavy atom. The lowest BCUT2D eigenvalue weighted by Crippen LogP contribution is -2.47. The summed E-state index contributed by atoms with van der Waals surface area (Å²) < 4.78 is 5.19. The smallest absolute Gasteiger partial charge is 0.308 e. The van der Waals surface area contributed by atoms with Crippen LogP contribution in [0.15, 0.2) is 22.8 Å². The largest absolute Gasteiger partial charge is 0.481 e. The Morgan fingerprint density at radius 3 is 2.89 bits per heavy atom. The maximum Gasteiger partial charge on any atom is 0.308 e. The molecule has 104 valence electrons. The molecule has 5 heteroatoms. The van der Waals surface area contributed by atoms with Gasteiger partial charge < -0.3 is 14.4 Å². The number of hydrogen-bond acceptors (Lipinski definition) is 3. The van der Waals surface area contributed by atoms with E-state index in [-0.39, 0.29) is 11.9 Å². The van der Waals surface area contributed by atoms with E-state index in [1.807, 2.05) is 13.0 Å². The van der Waals surface area contributed by atoms with Crippen molar-refractivity contribution in [2.24, 2.45) is 5.92 Å². The summed E-state index contributed by atoms with van der Waals surface area (Å²) in [6, 6.07) is 3.76. The van der Waals surface area contributed by atoms with E-state index in [9.17, 15) is 9.59 Å². The summed E-state index contributed by atoms with van der Waals surface area (Å²) in [4.78, 5) is 24.9. The van der Waals surface area contributed by atoms with E-state index in [4.69, 9.17) is 9.52 Å². The lowest BCUT2D eigenvalue weighted by molar-refractivity contribution is -0.147. The monoisotopic (exact) mass is 265 g/mol. The minimum absolute atomic E-state index is 0.00912. The van der Waals surface area contributed by atoms with E-state index in [2.05, 4.69) is 0 Å². The van der Waals surface area contributed by atoms with Crippen LogP contribution >= 0.6 is 0 Å². The third-order valence-corrected chi connectivity index (χ3v) is 3.72. The molecule has 0 saturated carbocycles. The first-order chi connectivity index (χ1) is 9.08. The molecule has 5 nitrogen and oxygen atoms in total. The van der Waals surface area contributed by atoms with Gasteiger partial charge in [0.05, 0.1) is 12.2 Å². The fourth-order valence-electron chi connectivity index (χ4n) is 2.48. The molecule has 1 N–H and O–H groups in total. The molecule has 0 radical (unpaired) electrons. The third-order valence-electron chi connectivity index (χ3n) is 3.72.